The molecule has 108 valence electrons. The van der Waals surface area contributed by atoms with Gasteiger partial charge in [-0.25, -0.2) is 5.84 Å². The number of morpholine rings is 1. The number of anilines is 1. The van der Waals surface area contributed by atoms with Crippen LogP contribution in [0.15, 0.2) is 24.3 Å². The first kappa shape index (κ1) is 14.3. The number of carbonyl (C=O) groups excluding carboxylic acids is 2. The minimum Gasteiger partial charge on any atom is -0.497 e. The van der Waals surface area contributed by atoms with Crippen LogP contribution in [-0.4, -0.2) is 43.2 Å². The molecule has 1 aliphatic heterocycles. The molecule has 1 aromatic carbocycles. The van der Waals surface area contributed by atoms with E-state index < -0.39 is 6.10 Å². The van der Waals surface area contributed by atoms with Crippen LogP contribution in [0, 0.1) is 0 Å². The van der Waals surface area contributed by atoms with Gasteiger partial charge in [-0.3, -0.25) is 14.6 Å². The van der Waals surface area contributed by atoms with Crippen LogP contribution in [0.5, 0.6) is 5.75 Å². The molecule has 0 aromatic heterocycles. The van der Waals surface area contributed by atoms with E-state index in [1.165, 1.54) is 0 Å². The first-order valence-corrected chi connectivity index (χ1v) is 6.21. The maximum absolute atomic E-state index is 11.9. The molecule has 20 heavy (non-hydrogen) atoms. The minimum atomic E-state index is -0.813. The summed E-state index contributed by atoms with van der Waals surface area (Å²) in [4.78, 5) is 23.5. The molecule has 0 bridgehead atoms. The highest BCUT2D eigenvalue weighted by Crippen LogP contribution is 2.16. The van der Waals surface area contributed by atoms with E-state index in [1.54, 1.807) is 31.4 Å². The zero-order valence-electron chi connectivity index (χ0n) is 11.2. The Labute approximate surface area is 116 Å². The van der Waals surface area contributed by atoms with Crippen molar-refractivity contribution in [1.82, 2.24) is 5.01 Å². The molecular weight excluding hydrogens is 262 g/mol. The Morgan fingerprint density at radius 3 is 2.85 bits per heavy atom. The van der Waals surface area contributed by atoms with Crippen LogP contribution in [0.25, 0.3) is 0 Å². The predicted molar refractivity (Wildman–Crippen MR) is 71.9 cm³/mol. The summed E-state index contributed by atoms with van der Waals surface area (Å²) in [5.74, 6) is 5.51. The maximum atomic E-state index is 11.9. The van der Waals surface area contributed by atoms with Crippen LogP contribution >= 0.6 is 0 Å². The Morgan fingerprint density at radius 1 is 1.50 bits per heavy atom. The van der Waals surface area contributed by atoms with Crippen molar-refractivity contribution in [1.29, 1.82) is 0 Å². The van der Waals surface area contributed by atoms with Crippen molar-refractivity contribution in [3.05, 3.63) is 24.3 Å². The molecule has 1 fully saturated rings. The van der Waals surface area contributed by atoms with Gasteiger partial charge in [0.15, 0.2) is 0 Å². The number of amides is 2. The van der Waals surface area contributed by atoms with Gasteiger partial charge >= 0.3 is 0 Å². The lowest BCUT2D eigenvalue weighted by atomic mass is 10.2. The highest BCUT2D eigenvalue weighted by Gasteiger charge is 2.29. The third kappa shape index (κ3) is 3.46. The van der Waals surface area contributed by atoms with Crippen molar-refractivity contribution in [2.24, 2.45) is 5.84 Å². The Balaban J connectivity index is 1.89. The van der Waals surface area contributed by atoms with Gasteiger partial charge < -0.3 is 14.8 Å². The summed E-state index contributed by atoms with van der Waals surface area (Å²) in [7, 11) is 1.57. The van der Waals surface area contributed by atoms with Crippen LogP contribution in [0.2, 0.25) is 0 Å². The molecule has 1 aromatic rings. The van der Waals surface area contributed by atoms with E-state index in [9.17, 15) is 9.59 Å². The summed E-state index contributed by atoms with van der Waals surface area (Å²) in [5, 5.41) is 3.77. The van der Waals surface area contributed by atoms with Crippen LogP contribution in [0.1, 0.15) is 6.42 Å². The lowest BCUT2D eigenvalue weighted by Gasteiger charge is -2.28. The molecule has 1 aliphatic rings. The Bertz CT molecular complexity index is 489. The van der Waals surface area contributed by atoms with E-state index >= 15 is 0 Å². The molecular formula is C13H17N3O4. The molecule has 0 saturated carbocycles. The Morgan fingerprint density at radius 2 is 2.20 bits per heavy atom. The largest absolute Gasteiger partial charge is 0.497 e. The van der Waals surface area contributed by atoms with Gasteiger partial charge in [-0.2, -0.15) is 0 Å². The quantitative estimate of drug-likeness (QED) is 0.603. The topological polar surface area (TPSA) is 93.9 Å². The van der Waals surface area contributed by atoms with E-state index in [0.29, 0.717) is 24.6 Å². The average Bonchev–Trinajstić information content (AvgIpc) is 2.45. The summed E-state index contributed by atoms with van der Waals surface area (Å²) in [6, 6.07) is 6.91. The molecule has 3 N–H and O–H groups in total. The normalized spacial score (nSPS) is 18.8. The fourth-order valence-corrected chi connectivity index (χ4v) is 1.86. The SMILES string of the molecule is COc1ccc(NC(=O)CC2OCCN(N)C2=O)cc1. The molecule has 1 saturated heterocycles. The highest BCUT2D eigenvalue weighted by molar-refractivity contribution is 5.95. The number of ether oxygens (including phenoxy) is 2. The van der Waals surface area contributed by atoms with E-state index in [-0.39, 0.29) is 18.2 Å². The number of nitrogens with one attached hydrogen (secondary N) is 1. The predicted octanol–water partition coefficient (Wildman–Crippen LogP) is 0.125. The lowest BCUT2D eigenvalue weighted by Crippen LogP contribution is -2.52. The van der Waals surface area contributed by atoms with Crippen molar-refractivity contribution in [2.75, 3.05) is 25.6 Å². The molecule has 1 unspecified atom stereocenters. The van der Waals surface area contributed by atoms with Gasteiger partial charge in [-0.05, 0) is 24.3 Å². The maximum Gasteiger partial charge on any atom is 0.266 e. The second kappa shape index (κ2) is 6.36. The number of methoxy groups -OCH3 is 1. The van der Waals surface area contributed by atoms with Crippen molar-refractivity contribution >= 4 is 17.5 Å². The number of nitrogens with two attached hydrogens (primary N) is 1. The molecule has 2 amide bonds. The van der Waals surface area contributed by atoms with Gasteiger partial charge in [-0.1, -0.05) is 0 Å². The van der Waals surface area contributed by atoms with Crippen LogP contribution in [-0.2, 0) is 14.3 Å². The third-order valence-corrected chi connectivity index (χ3v) is 2.95. The van der Waals surface area contributed by atoms with E-state index in [1.807, 2.05) is 0 Å². The fourth-order valence-electron chi connectivity index (χ4n) is 1.86. The van der Waals surface area contributed by atoms with Gasteiger partial charge in [0.2, 0.25) is 5.91 Å². The number of hydrogen-bond donors (Lipinski definition) is 2. The molecule has 2 rings (SSSR count). The van der Waals surface area contributed by atoms with Crippen molar-refractivity contribution in [3.8, 4) is 5.75 Å². The number of hydrogen-bond acceptors (Lipinski definition) is 5. The van der Waals surface area contributed by atoms with Crippen molar-refractivity contribution in [3.63, 3.8) is 0 Å². The van der Waals surface area contributed by atoms with Gasteiger partial charge in [0.05, 0.1) is 26.7 Å². The monoisotopic (exact) mass is 279 g/mol. The van der Waals surface area contributed by atoms with Crippen LogP contribution < -0.4 is 15.9 Å². The standard InChI is InChI=1S/C13H17N3O4/c1-19-10-4-2-9(3-5-10)15-12(17)8-11-13(18)16(14)6-7-20-11/h2-5,11H,6-8,14H2,1H3,(H,15,17). The first-order chi connectivity index (χ1) is 9.60. The zero-order valence-corrected chi connectivity index (χ0v) is 11.2. The average molecular weight is 279 g/mol. The minimum absolute atomic E-state index is 0.0570. The van der Waals surface area contributed by atoms with Gasteiger partial charge in [-0.15, -0.1) is 0 Å². The van der Waals surface area contributed by atoms with Gasteiger partial charge in [0, 0.05) is 5.69 Å². The fraction of sp³-hybridized carbons (Fsp3) is 0.385. The Hall–Kier alpha value is -2.12. The van der Waals surface area contributed by atoms with E-state index in [4.69, 9.17) is 15.3 Å². The summed E-state index contributed by atoms with van der Waals surface area (Å²) in [6.45, 7) is 0.679. The van der Waals surface area contributed by atoms with Crippen molar-refractivity contribution < 1.29 is 19.1 Å². The van der Waals surface area contributed by atoms with Gasteiger partial charge in [0.25, 0.3) is 5.91 Å². The number of carbonyl (C=O) groups is 2. The first-order valence-electron chi connectivity index (χ1n) is 6.21. The van der Waals surface area contributed by atoms with Gasteiger partial charge in [0.1, 0.15) is 11.9 Å². The summed E-state index contributed by atoms with van der Waals surface area (Å²) in [5.41, 5.74) is 0.628. The second-order valence-electron chi connectivity index (χ2n) is 4.37. The lowest BCUT2D eigenvalue weighted by molar-refractivity contribution is -0.155. The second-order valence-corrected chi connectivity index (χ2v) is 4.37. The Kier molecular flexibility index (Phi) is 4.54. The molecule has 1 atom stereocenters. The molecule has 0 aliphatic carbocycles. The zero-order chi connectivity index (χ0) is 14.5. The van der Waals surface area contributed by atoms with E-state index in [2.05, 4.69) is 5.32 Å². The van der Waals surface area contributed by atoms with Crippen LogP contribution in [0.4, 0.5) is 5.69 Å². The third-order valence-electron chi connectivity index (χ3n) is 2.95. The molecule has 1 heterocycles. The molecule has 0 radical (unpaired) electrons. The smallest absolute Gasteiger partial charge is 0.266 e. The number of hydrazine groups is 1. The number of benzene rings is 1. The number of rotatable bonds is 4. The van der Waals surface area contributed by atoms with Crippen LogP contribution in [0.3, 0.4) is 0 Å². The highest BCUT2D eigenvalue weighted by atomic mass is 16.5. The summed E-state index contributed by atoms with van der Waals surface area (Å²) in [6.07, 6.45) is -0.870. The van der Waals surface area contributed by atoms with Crippen molar-refractivity contribution in [2.45, 2.75) is 12.5 Å². The summed E-state index contributed by atoms with van der Waals surface area (Å²) < 4.78 is 10.3. The summed E-state index contributed by atoms with van der Waals surface area (Å²) >= 11 is 0. The van der Waals surface area contributed by atoms with E-state index in [0.717, 1.165) is 5.01 Å². The molecule has 0 spiro atoms. The molecule has 7 heteroatoms. The number of nitrogens with zero attached hydrogens (tertiary/aromatic N) is 1. The molecule has 7 nitrogen and oxygen atoms in total.